The molecule has 0 spiro atoms. The highest BCUT2D eigenvalue weighted by Gasteiger charge is 2.14. The van der Waals surface area contributed by atoms with E-state index in [1.54, 1.807) is 11.8 Å². The van der Waals surface area contributed by atoms with Crippen molar-refractivity contribution in [2.24, 2.45) is 7.05 Å². The third kappa shape index (κ3) is 3.16. The second-order valence-electron chi connectivity index (χ2n) is 4.75. The van der Waals surface area contributed by atoms with E-state index in [1.165, 1.54) is 11.1 Å². The van der Waals surface area contributed by atoms with Crippen molar-refractivity contribution in [1.82, 2.24) is 20.1 Å². The molecule has 0 aliphatic carbocycles. The van der Waals surface area contributed by atoms with E-state index in [0.29, 0.717) is 0 Å². The molecule has 0 aliphatic rings. The molecule has 0 bridgehead atoms. The predicted octanol–water partition coefficient (Wildman–Crippen LogP) is 2.61. The van der Waals surface area contributed by atoms with E-state index < -0.39 is 0 Å². The van der Waals surface area contributed by atoms with E-state index >= 15 is 0 Å². The van der Waals surface area contributed by atoms with Crippen molar-refractivity contribution in [3.63, 3.8) is 0 Å². The molecule has 0 saturated carbocycles. The van der Waals surface area contributed by atoms with Crippen molar-refractivity contribution in [2.75, 3.05) is 7.05 Å². The van der Waals surface area contributed by atoms with Crippen LogP contribution in [-0.4, -0.2) is 21.8 Å². The van der Waals surface area contributed by atoms with Crippen LogP contribution in [0.15, 0.2) is 22.2 Å². The van der Waals surface area contributed by atoms with Crippen LogP contribution in [0.4, 0.5) is 0 Å². The van der Waals surface area contributed by atoms with Crippen molar-refractivity contribution < 1.29 is 0 Å². The summed E-state index contributed by atoms with van der Waals surface area (Å²) in [7, 11) is 3.94. The van der Waals surface area contributed by atoms with Crippen LogP contribution < -0.4 is 5.32 Å². The highest BCUT2D eigenvalue weighted by Crippen LogP contribution is 2.31. The number of hydrogen-bond acceptors (Lipinski definition) is 4. The number of aromatic nitrogens is 3. The lowest BCUT2D eigenvalue weighted by Gasteiger charge is -2.07. The fourth-order valence-electron chi connectivity index (χ4n) is 2.14. The number of aryl methyl sites for hydroxylation is 4. The van der Waals surface area contributed by atoms with Gasteiger partial charge in [-0.1, -0.05) is 11.8 Å². The van der Waals surface area contributed by atoms with Crippen molar-refractivity contribution in [1.29, 1.82) is 0 Å². The van der Waals surface area contributed by atoms with E-state index in [9.17, 15) is 0 Å². The Hall–Kier alpha value is -1.33. The van der Waals surface area contributed by atoms with Crippen LogP contribution in [-0.2, 0) is 13.6 Å². The zero-order chi connectivity index (χ0) is 14.0. The topological polar surface area (TPSA) is 42.7 Å². The minimum Gasteiger partial charge on any atom is -0.316 e. The quantitative estimate of drug-likeness (QED) is 0.932. The SMILES string of the molecule is CNCc1c(C)nn(C)c1Sc1cc(C)cc(C)n1. The van der Waals surface area contributed by atoms with Gasteiger partial charge in [0.2, 0.25) is 0 Å². The molecule has 2 heterocycles. The molecule has 0 saturated heterocycles. The van der Waals surface area contributed by atoms with Gasteiger partial charge in [-0.05, 0) is 45.5 Å². The second kappa shape index (κ2) is 5.75. The number of rotatable bonds is 4. The minimum atomic E-state index is 0.826. The Morgan fingerprint density at radius 1 is 1.26 bits per heavy atom. The predicted molar refractivity (Wildman–Crippen MR) is 78.5 cm³/mol. The summed E-state index contributed by atoms with van der Waals surface area (Å²) in [6.45, 7) is 7.00. The van der Waals surface area contributed by atoms with Crippen molar-refractivity contribution >= 4 is 11.8 Å². The van der Waals surface area contributed by atoms with Gasteiger partial charge >= 0.3 is 0 Å². The van der Waals surface area contributed by atoms with Gasteiger partial charge in [0, 0.05) is 24.8 Å². The summed E-state index contributed by atoms with van der Waals surface area (Å²) in [4.78, 5) is 4.58. The van der Waals surface area contributed by atoms with Crippen molar-refractivity contribution in [3.05, 3.63) is 34.6 Å². The maximum absolute atomic E-state index is 4.58. The standard InChI is InChI=1S/C14H20N4S/c1-9-6-10(2)16-13(7-9)19-14-12(8-15-4)11(3)17-18(14)5/h6-7,15H,8H2,1-5H3. The molecule has 2 aromatic heterocycles. The Labute approximate surface area is 118 Å². The largest absolute Gasteiger partial charge is 0.316 e. The molecule has 0 aliphatic heterocycles. The molecule has 5 heteroatoms. The highest BCUT2D eigenvalue weighted by atomic mass is 32.2. The lowest BCUT2D eigenvalue weighted by Crippen LogP contribution is -2.07. The summed E-state index contributed by atoms with van der Waals surface area (Å²) in [6, 6.07) is 4.20. The average Bonchev–Trinajstić information content (AvgIpc) is 2.55. The molecule has 19 heavy (non-hydrogen) atoms. The summed E-state index contributed by atoms with van der Waals surface area (Å²) < 4.78 is 1.94. The van der Waals surface area contributed by atoms with E-state index in [1.807, 2.05) is 32.6 Å². The zero-order valence-corrected chi connectivity index (χ0v) is 12.9. The summed E-state index contributed by atoms with van der Waals surface area (Å²) in [5.74, 6) is 0. The molecule has 102 valence electrons. The number of hydrogen-bond donors (Lipinski definition) is 1. The van der Waals surface area contributed by atoms with Crippen LogP contribution in [0, 0.1) is 20.8 Å². The van der Waals surface area contributed by atoms with Gasteiger partial charge in [0.25, 0.3) is 0 Å². The molecule has 0 aromatic carbocycles. The maximum atomic E-state index is 4.58. The van der Waals surface area contributed by atoms with Gasteiger partial charge in [0.15, 0.2) is 0 Å². The van der Waals surface area contributed by atoms with E-state index in [2.05, 4.69) is 34.5 Å². The Balaban J connectivity index is 2.37. The zero-order valence-electron chi connectivity index (χ0n) is 12.1. The molecule has 0 fully saturated rings. The maximum Gasteiger partial charge on any atom is 0.105 e. The van der Waals surface area contributed by atoms with Crippen LogP contribution in [0.5, 0.6) is 0 Å². The molecule has 2 rings (SSSR count). The van der Waals surface area contributed by atoms with Gasteiger partial charge in [-0.3, -0.25) is 4.68 Å². The van der Waals surface area contributed by atoms with Crippen LogP contribution in [0.25, 0.3) is 0 Å². The summed E-state index contributed by atoms with van der Waals surface area (Å²) >= 11 is 1.68. The van der Waals surface area contributed by atoms with E-state index in [-0.39, 0.29) is 0 Å². The Morgan fingerprint density at radius 2 is 2.00 bits per heavy atom. The summed E-state index contributed by atoms with van der Waals surface area (Å²) in [6.07, 6.45) is 0. The first kappa shape index (κ1) is 14.1. The first-order valence-corrected chi connectivity index (χ1v) is 7.13. The lowest BCUT2D eigenvalue weighted by molar-refractivity contribution is 0.683. The van der Waals surface area contributed by atoms with Gasteiger partial charge in [-0.15, -0.1) is 0 Å². The fraction of sp³-hybridized carbons (Fsp3) is 0.429. The number of nitrogens with zero attached hydrogens (tertiary/aromatic N) is 3. The smallest absolute Gasteiger partial charge is 0.105 e. The Morgan fingerprint density at radius 3 is 2.63 bits per heavy atom. The first-order chi connectivity index (χ1) is 9.01. The molecule has 0 unspecified atom stereocenters. The normalized spacial score (nSPS) is 11.0. The molecule has 0 radical (unpaired) electrons. The lowest BCUT2D eigenvalue weighted by atomic mass is 10.2. The highest BCUT2D eigenvalue weighted by molar-refractivity contribution is 7.99. The molecule has 0 atom stereocenters. The van der Waals surface area contributed by atoms with Gasteiger partial charge in [-0.2, -0.15) is 5.10 Å². The van der Waals surface area contributed by atoms with E-state index in [4.69, 9.17) is 0 Å². The molecule has 2 aromatic rings. The van der Waals surface area contributed by atoms with Gasteiger partial charge in [-0.25, -0.2) is 4.98 Å². The van der Waals surface area contributed by atoms with Crippen LogP contribution >= 0.6 is 11.8 Å². The molecular weight excluding hydrogens is 256 g/mol. The van der Waals surface area contributed by atoms with Gasteiger partial charge < -0.3 is 5.32 Å². The van der Waals surface area contributed by atoms with Crippen LogP contribution in [0.1, 0.15) is 22.5 Å². The third-order valence-electron chi connectivity index (χ3n) is 2.92. The number of nitrogens with one attached hydrogen (secondary N) is 1. The monoisotopic (exact) mass is 276 g/mol. The summed E-state index contributed by atoms with van der Waals surface area (Å²) in [5.41, 5.74) is 4.61. The molecule has 1 N–H and O–H groups in total. The Kier molecular flexibility index (Phi) is 4.27. The van der Waals surface area contributed by atoms with Crippen molar-refractivity contribution in [2.45, 2.75) is 37.4 Å². The molecule has 4 nitrogen and oxygen atoms in total. The number of pyridine rings is 1. The third-order valence-corrected chi connectivity index (χ3v) is 4.04. The van der Waals surface area contributed by atoms with Crippen LogP contribution in [0.3, 0.4) is 0 Å². The first-order valence-electron chi connectivity index (χ1n) is 6.31. The van der Waals surface area contributed by atoms with Crippen molar-refractivity contribution in [3.8, 4) is 0 Å². The summed E-state index contributed by atoms with van der Waals surface area (Å²) in [5, 5.41) is 9.88. The average molecular weight is 276 g/mol. The second-order valence-corrected chi connectivity index (χ2v) is 5.76. The fourth-order valence-corrected chi connectivity index (χ4v) is 3.29. The molecular formula is C14H20N4S. The molecule has 0 amide bonds. The Bertz CT molecular complexity index is 569. The minimum absolute atomic E-state index is 0.826. The van der Waals surface area contributed by atoms with Crippen LogP contribution in [0.2, 0.25) is 0 Å². The van der Waals surface area contributed by atoms with Gasteiger partial charge in [0.1, 0.15) is 10.1 Å². The van der Waals surface area contributed by atoms with E-state index in [0.717, 1.165) is 28.0 Å². The van der Waals surface area contributed by atoms with Gasteiger partial charge in [0.05, 0.1) is 5.69 Å².